The van der Waals surface area contributed by atoms with Crippen molar-refractivity contribution >= 4 is 61.1 Å². The molecule has 0 radical (unpaired) electrons. The summed E-state index contributed by atoms with van der Waals surface area (Å²) in [6.07, 6.45) is 5.52. The monoisotopic (exact) mass is 448 g/mol. The molecule has 0 aliphatic heterocycles. The number of esters is 1. The van der Waals surface area contributed by atoms with Crippen molar-refractivity contribution in [3.05, 3.63) is 70.8 Å². The van der Waals surface area contributed by atoms with E-state index in [1.807, 2.05) is 24.3 Å². The zero-order valence-electron chi connectivity index (χ0n) is 19.2. The maximum atomic E-state index is 12.7. The van der Waals surface area contributed by atoms with Crippen molar-refractivity contribution in [3.8, 4) is 0 Å². The van der Waals surface area contributed by atoms with Crippen LogP contribution in [0.5, 0.6) is 0 Å². The van der Waals surface area contributed by atoms with Gasteiger partial charge in [-0.2, -0.15) is 0 Å². The maximum absolute atomic E-state index is 12.7. The van der Waals surface area contributed by atoms with Crippen molar-refractivity contribution in [3.63, 3.8) is 0 Å². The van der Waals surface area contributed by atoms with Gasteiger partial charge in [-0.25, -0.2) is 4.79 Å². The van der Waals surface area contributed by atoms with Crippen LogP contribution in [0, 0.1) is 0 Å². The van der Waals surface area contributed by atoms with E-state index >= 15 is 0 Å². The first-order chi connectivity index (χ1) is 16.5. The number of ketones is 1. The Bertz CT molecular complexity index is 1630. The van der Waals surface area contributed by atoms with Gasteiger partial charge in [0, 0.05) is 16.5 Å². The van der Waals surface area contributed by atoms with Gasteiger partial charge in [-0.1, -0.05) is 55.3 Å². The molecule has 0 spiro atoms. The summed E-state index contributed by atoms with van der Waals surface area (Å²) in [6.45, 7) is 1.64. The highest BCUT2D eigenvalue weighted by Gasteiger charge is 2.25. The number of carbonyl (C=O) groups excluding carboxylic acids is 3. The molecule has 0 atom stereocenters. The number of benzene rings is 5. The Morgan fingerprint density at radius 2 is 1.32 bits per heavy atom. The number of rotatable bonds is 4. The molecule has 0 bridgehead atoms. The molecule has 0 saturated heterocycles. The normalized spacial score (nSPS) is 14.5. The lowest BCUT2D eigenvalue weighted by molar-refractivity contribution is 0.0603. The molecule has 4 nitrogen and oxygen atoms in total. The fourth-order valence-electron chi connectivity index (χ4n) is 6.19. The molecule has 0 unspecified atom stereocenters. The van der Waals surface area contributed by atoms with Gasteiger partial charge in [0.05, 0.1) is 12.7 Å². The Morgan fingerprint density at radius 3 is 1.91 bits per heavy atom. The molecule has 1 fully saturated rings. The molecule has 34 heavy (non-hydrogen) atoms. The largest absolute Gasteiger partial charge is 0.465 e. The van der Waals surface area contributed by atoms with E-state index in [1.54, 1.807) is 19.1 Å². The predicted molar refractivity (Wildman–Crippen MR) is 136 cm³/mol. The van der Waals surface area contributed by atoms with Crippen LogP contribution >= 0.6 is 0 Å². The van der Waals surface area contributed by atoms with Gasteiger partial charge in [-0.15, -0.1) is 0 Å². The highest BCUT2D eigenvalue weighted by atomic mass is 16.5. The highest BCUT2D eigenvalue weighted by Crippen LogP contribution is 2.46. The lowest BCUT2D eigenvalue weighted by atomic mass is 9.82. The third-order valence-electron chi connectivity index (χ3n) is 7.67. The van der Waals surface area contributed by atoms with Crippen LogP contribution in [0.3, 0.4) is 0 Å². The topological polar surface area (TPSA) is 60.4 Å². The molecule has 5 aromatic rings. The minimum atomic E-state index is -0.466. The van der Waals surface area contributed by atoms with E-state index in [-0.39, 0.29) is 5.78 Å². The third kappa shape index (κ3) is 2.75. The lowest BCUT2D eigenvalue weighted by Gasteiger charge is -2.21. The van der Waals surface area contributed by atoms with E-state index in [9.17, 15) is 14.4 Å². The lowest BCUT2D eigenvalue weighted by Crippen LogP contribution is -2.05. The number of hydrogen-bond donors (Lipinski definition) is 0. The smallest absolute Gasteiger partial charge is 0.338 e. The molecule has 0 aromatic heterocycles. The second kappa shape index (κ2) is 7.63. The van der Waals surface area contributed by atoms with Crippen molar-refractivity contribution in [2.75, 3.05) is 7.11 Å². The Hall–Kier alpha value is -3.79. The van der Waals surface area contributed by atoms with Crippen LogP contribution in [0.1, 0.15) is 75.2 Å². The molecule has 0 N–H and O–H groups in total. The van der Waals surface area contributed by atoms with Gasteiger partial charge in [0.15, 0.2) is 12.1 Å². The van der Waals surface area contributed by atoms with E-state index in [0.29, 0.717) is 22.4 Å². The first-order valence-corrected chi connectivity index (χ1v) is 11.8. The minimum absolute atomic E-state index is 0.0660. The average Bonchev–Trinajstić information content (AvgIpc) is 3.40. The van der Waals surface area contributed by atoms with Crippen LogP contribution in [-0.2, 0) is 4.74 Å². The van der Waals surface area contributed by atoms with Crippen LogP contribution in [-0.4, -0.2) is 25.1 Å². The van der Waals surface area contributed by atoms with Crippen molar-refractivity contribution in [2.24, 2.45) is 0 Å². The first kappa shape index (κ1) is 20.8. The van der Waals surface area contributed by atoms with Gasteiger partial charge in [0.25, 0.3) is 0 Å². The molecule has 0 heterocycles. The molecule has 1 aliphatic carbocycles. The highest BCUT2D eigenvalue weighted by molar-refractivity contribution is 6.37. The average molecular weight is 449 g/mol. The summed E-state index contributed by atoms with van der Waals surface area (Å²) < 4.78 is 5.02. The fraction of sp³-hybridized carbons (Fsp3) is 0.233. The fourth-order valence-corrected chi connectivity index (χ4v) is 6.19. The number of aldehydes is 1. The van der Waals surface area contributed by atoms with Crippen LogP contribution in [0.15, 0.2) is 48.5 Å². The molecular weight excluding hydrogens is 424 g/mol. The Labute approximate surface area is 196 Å². The molecular formula is C30H24O4. The Kier molecular flexibility index (Phi) is 4.66. The van der Waals surface area contributed by atoms with Gasteiger partial charge >= 0.3 is 5.97 Å². The molecule has 1 aliphatic rings. The Morgan fingerprint density at radius 1 is 0.765 bits per heavy atom. The van der Waals surface area contributed by atoms with E-state index < -0.39 is 5.97 Å². The van der Waals surface area contributed by atoms with E-state index in [2.05, 4.69) is 12.1 Å². The maximum Gasteiger partial charge on any atom is 0.338 e. The number of hydrogen-bond acceptors (Lipinski definition) is 4. The second-order valence-electron chi connectivity index (χ2n) is 9.37. The molecule has 1 saturated carbocycles. The number of Topliss-reactive ketones (excluding diaryl/α,β-unsaturated/α-hetero) is 1. The van der Waals surface area contributed by atoms with E-state index in [0.717, 1.165) is 62.4 Å². The Balaban J connectivity index is 1.87. The van der Waals surface area contributed by atoms with Crippen molar-refractivity contribution in [1.29, 1.82) is 0 Å². The zero-order valence-corrected chi connectivity index (χ0v) is 19.2. The van der Waals surface area contributed by atoms with E-state index in [1.165, 1.54) is 25.5 Å². The molecule has 0 amide bonds. The standard InChI is InChI=1S/C30H24O4/c1-16(32)19-9-11-23-21-8-7-18(15-31)26-25(30(33)34-2)14-13-22(28(21)26)24-12-10-20(27(19)29(23)24)17-5-3-4-6-17/h7-15,17H,3-6H2,1-2H3. The van der Waals surface area contributed by atoms with Gasteiger partial charge in [-0.3, -0.25) is 9.59 Å². The van der Waals surface area contributed by atoms with Crippen molar-refractivity contribution in [2.45, 2.75) is 38.5 Å². The SMILES string of the molecule is COC(=O)c1ccc2c3ccc(C4CCCC4)c4c(C(C)=O)ccc(c5ccc(C=O)c1c52)c43. The summed E-state index contributed by atoms with van der Waals surface area (Å²) in [7, 11) is 1.35. The molecule has 4 heteroatoms. The summed E-state index contributed by atoms with van der Waals surface area (Å²) in [5.41, 5.74) is 2.87. The van der Waals surface area contributed by atoms with Crippen LogP contribution in [0.4, 0.5) is 0 Å². The van der Waals surface area contributed by atoms with Crippen LogP contribution in [0.2, 0.25) is 0 Å². The van der Waals surface area contributed by atoms with Crippen LogP contribution in [0.25, 0.3) is 43.1 Å². The quantitative estimate of drug-likeness (QED) is 0.0959. The summed E-state index contributed by atoms with van der Waals surface area (Å²) in [5, 5.41) is 7.66. The van der Waals surface area contributed by atoms with Gasteiger partial charge in [0.2, 0.25) is 0 Å². The van der Waals surface area contributed by atoms with Crippen molar-refractivity contribution < 1.29 is 19.1 Å². The van der Waals surface area contributed by atoms with Gasteiger partial charge in [0.1, 0.15) is 0 Å². The number of ether oxygens (including phenoxy) is 1. The zero-order chi connectivity index (χ0) is 23.6. The molecule has 6 rings (SSSR count). The van der Waals surface area contributed by atoms with Crippen LogP contribution < -0.4 is 0 Å². The van der Waals surface area contributed by atoms with Crippen molar-refractivity contribution in [1.82, 2.24) is 0 Å². The summed E-state index contributed by atoms with van der Waals surface area (Å²) in [4.78, 5) is 37.3. The predicted octanol–water partition coefficient (Wildman–Crippen LogP) is 7.20. The summed E-state index contributed by atoms with van der Waals surface area (Å²) in [5.74, 6) is 0.0606. The van der Waals surface area contributed by atoms with Gasteiger partial charge < -0.3 is 4.74 Å². The molecule has 168 valence electrons. The number of methoxy groups -OCH3 is 1. The first-order valence-electron chi connectivity index (χ1n) is 11.8. The second-order valence-corrected chi connectivity index (χ2v) is 9.37. The number of fused-ring (bicyclic) bond motifs is 2. The third-order valence-corrected chi connectivity index (χ3v) is 7.67. The van der Waals surface area contributed by atoms with Gasteiger partial charge in [-0.05, 0) is 75.0 Å². The van der Waals surface area contributed by atoms with E-state index in [4.69, 9.17) is 4.74 Å². The minimum Gasteiger partial charge on any atom is -0.465 e. The summed E-state index contributed by atoms with van der Waals surface area (Å²) >= 11 is 0. The number of carbonyl (C=O) groups is 3. The molecule has 5 aromatic carbocycles. The summed E-state index contributed by atoms with van der Waals surface area (Å²) in [6, 6.07) is 15.7.